The summed E-state index contributed by atoms with van der Waals surface area (Å²) in [6.07, 6.45) is 1.10. The van der Waals surface area contributed by atoms with Gasteiger partial charge in [-0.25, -0.2) is 0 Å². The van der Waals surface area contributed by atoms with Gasteiger partial charge < -0.3 is 10.5 Å². The van der Waals surface area contributed by atoms with E-state index in [9.17, 15) is 13.2 Å². The number of halogens is 3. The van der Waals surface area contributed by atoms with Crippen molar-refractivity contribution in [1.82, 2.24) is 0 Å². The summed E-state index contributed by atoms with van der Waals surface area (Å²) in [5.41, 5.74) is 6.07. The lowest BCUT2D eigenvalue weighted by molar-refractivity contribution is -0.137. The van der Waals surface area contributed by atoms with Crippen LogP contribution in [0.25, 0.3) is 0 Å². The molecule has 1 aliphatic carbocycles. The number of hydrogen-bond acceptors (Lipinski definition) is 2. The van der Waals surface area contributed by atoms with E-state index >= 15 is 0 Å². The Balaban J connectivity index is 1.82. The summed E-state index contributed by atoms with van der Waals surface area (Å²) >= 11 is 0. The highest BCUT2D eigenvalue weighted by Gasteiger charge is 2.30. The molecule has 0 atom stereocenters. The van der Waals surface area contributed by atoms with Gasteiger partial charge in [-0.3, -0.25) is 0 Å². The SMILES string of the molecule is NC1(COCc2ccc(C(F)(F)F)cc2)CCCCC1. The van der Waals surface area contributed by atoms with Crippen molar-refractivity contribution in [1.29, 1.82) is 0 Å². The average molecular weight is 287 g/mol. The Morgan fingerprint density at radius 2 is 1.65 bits per heavy atom. The number of hydrogen-bond donors (Lipinski definition) is 1. The molecule has 1 fully saturated rings. The van der Waals surface area contributed by atoms with E-state index in [1.54, 1.807) is 0 Å². The van der Waals surface area contributed by atoms with E-state index in [1.807, 2.05) is 0 Å². The normalized spacial score (nSPS) is 19.0. The molecule has 2 nitrogen and oxygen atoms in total. The summed E-state index contributed by atoms with van der Waals surface area (Å²) in [7, 11) is 0. The second-order valence-electron chi connectivity index (χ2n) is 5.61. The Morgan fingerprint density at radius 3 is 2.20 bits per heavy atom. The van der Waals surface area contributed by atoms with Crippen molar-refractivity contribution in [2.75, 3.05) is 6.61 Å². The molecule has 0 spiro atoms. The molecule has 0 heterocycles. The van der Waals surface area contributed by atoms with E-state index in [4.69, 9.17) is 10.5 Å². The first kappa shape index (κ1) is 15.3. The number of benzene rings is 1. The minimum atomic E-state index is -4.29. The molecule has 1 aromatic rings. The van der Waals surface area contributed by atoms with Crippen molar-refractivity contribution < 1.29 is 17.9 Å². The second kappa shape index (κ2) is 6.14. The smallest absolute Gasteiger partial charge is 0.375 e. The summed E-state index contributed by atoms with van der Waals surface area (Å²) in [5, 5.41) is 0. The molecule has 1 saturated carbocycles. The van der Waals surface area contributed by atoms with E-state index in [0.717, 1.165) is 43.4 Å². The number of nitrogens with two attached hydrogens (primary N) is 1. The molecule has 0 bridgehead atoms. The van der Waals surface area contributed by atoms with Crippen molar-refractivity contribution in [3.05, 3.63) is 35.4 Å². The van der Waals surface area contributed by atoms with Crippen LogP contribution in [0.4, 0.5) is 13.2 Å². The van der Waals surface area contributed by atoms with Crippen LogP contribution in [-0.4, -0.2) is 12.1 Å². The molecule has 0 unspecified atom stereocenters. The lowest BCUT2D eigenvalue weighted by Crippen LogP contribution is -2.46. The zero-order chi connectivity index (χ0) is 14.6. The van der Waals surface area contributed by atoms with Gasteiger partial charge in [0.2, 0.25) is 0 Å². The van der Waals surface area contributed by atoms with E-state index < -0.39 is 11.7 Å². The molecule has 112 valence electrons. The van der Waals surface area contributed by atoms with E-state index in [-0.39, 0.29) is 5.54 Å². The predicted octanol–water partition coefficient (Wildman–Crippen LogP) is 3.88. The van der Waals surface area contributed by atoms with Crippen LogP contribution < -0.4 is 5.73 Å². The molecule has 0 amide bonds. The second-order valence-corrected chi connectivity index (χ2v) is 5.61. The highest BCUT2D eigenvalue weighted by Crippen LogP contribution is 2.29. The van der Waals surface area contributed by atoms with E-state index in [1.165, 1.54) is 18.6 Å². The average Bonchev–Trinajstić information content (AvgIpc) is 2.39. The predicted molar refractivity (Wildman–Crippen MR) is 71.1 cm³/mol. The number of ether oxygens (including phenoxy) is 1. The lowest BCUT2D eigenvalue weighted by atomic mass is 9.83. The quantitative estimate of drug-likeness (QED) is 0.912. The van der Waals surface area contributed by atoms with Crippen LogP contribution in [0.2, 0.25) is 0 Å². The third-order valence-electron chi connectivity index (χ3n) is 3.79. The lowest BCUT2D eigenvalue weighted by Gasteiger charge is -2.33. The van der Waals surface area contributed by atoms with Gasteiger partial charge in [-0.05, 0) is 30.5 Å². The standard InChI is InChI=1S/C15H20F3NO/c16-15(17,18)13-6-4-12(5-7-13)10-20-11-14(19)8-2-1-3-9-14/h4-7H,1-3,8-11,19H2. The zero-order valence-corrected chi connectivity index (χ0v) is 11.4. The first-order chi connectivity index (χ1) is 9.39. The van der Waals surface area contributed by atoms with Gasteiger partial charge in [0.15, 0.2) is 0 Å². The fourth-order valence-corrected chi connectivity index (χ4v) is 2.56. The molecule has 0 aromatic heterocycles. The van der Waals surface area contributed by atoms with Crippen molar-refractivity contribution in [2.45, 2.75) is 50.4 Å². The van der Waals surface area contributed by atoms with Crippen molar-refractivity contribution >= 4 is 0 Å². The number of rotatable bonds is 4. The summed E-state index contributed by atoms with van der Waals surface area (Å²) in [6.45, 7) is 0.769. The first-order valence-corrected chi connectivity index (χ1v) is 6.92. The van der Waals surface area contributed by atoms with Crippen LogP contribution in [0.5, 0.6) is 0 Å². The summed E-state index contributed by atoms with van der Waals surface area (Å²) in [5.74, 6) is 0. The Labute approximate surface area is 117 Å². The third kappa shape index (κ3) is 4.21. The van der Waals surface area contributed by atoms with Gasteiger partial charge in [0.05, 0.1) is 18.8 Å². The third-order valence-corrected chi connectivity index (χ3v) is 3.79. The molecule has 2 N–H and O–H groups in total. The summed E-state index contributed by atoms with van der Waals surface area (Å²) in [6, 6.07) is 5.06. The van der Waals surface area contributed by atoms with Crippen LogP contribution in [0.1, 0.15) is 43.2 Å². The van der Waals surface area contributed by atoms with Crippen LogP contribution in [0, 0.1) is 0 Å². The molecule has 0 aliphatic heterocycles. The number of alkyl halides is 3. The van der Waals surface area contributed by atoms with Gasteiger partial charge >= 0.3 is 6.18 Å². The van der Waals surface area contributed by atoms with Crippen LogP contribution in [0.15, 0.2) is 24.3 Å². The maximum atomic E-state index is 12.4. The van der Waals surface area contributed by atoms with Gasteiger partial charge in [0.25, 0.3) is 0 Å². The Hall–Kier alpha value is -1.07. The minimum Gasteiger partial charge on any atom is -0.375 e. The Kier molecular flexibility index (Phi) is 4.70. The minimum absolute atomic E-state index is 0.260. The first-order valence-electron chi connectivity index (χ1n) is 6.92. The van der Waals surface area contributed by atoms with E-state index in [2.05, 4.69) is 0 Å². The molecular weight excluding hydrogens is 267 g/mol. The van der Waals surface area contributed by atoms with Crippen molar-refractivity contribution in [3.63, 3.8) is 0 Å². The molecule has 0 radical (unpaired) electrons. The molecule has 1 aliphatic rings. The maximum Gasteiger partial charge on any atom is 0.416 e. The van der Waals surface area contributed by atoms with Gasteiger partial charge in [0.1, 0.15) is 0 Å². The molecule has 5 heteroatoms. The zero-order valence-electron chi connectivity index (χ0n) is 11.4. The monoisotopic (exact) mass is 287 g/mol. The van der Waals surface area contributed by atoms with Crippen molar-refractivity contribution in [3.8, 4) is 0 Å². The topological polar surface area (TPSA) is 35.2 Å². The maximum absolute atomic E-state index is 12.4. The molecule has 20 heavy (non-hydrogen) atoms. The Morgan fingerprint density at radius 1 is 1.05 bits per heavy atom. The van der Waals surface area contributed by atoms with Crippen LogP contribution >= 0.6 is 0 Å². The summed E-state index contributed by atoms with van der Waals surface area (Å²) in [4.78, 5) is 0. The van der Waals surface area contributed by atoms with Gasteiger partial charge in [-0.1, -0.05) is 31.4 Å². The van der Waals surface area contributed by atoms with Crippen LogP contribution in [0.3, 0.4) is 0 Å². The van der Waals surface area contributed by atoms with Crippen molar-refractivity contribution in [2.24, 2.45) is 5.73 Å². The highest BCUT2D eigenvalue weighted by molar-refractivity contribution is 5.24. The Bertz CT molecular complexity index is 422. The fourth-order valence-electron chi connectivity index (χ4n) is 2.56. The molecule has 2 rings (SSSR count). The molecule has 0 saturated heterocycles. The largest absolute Gasteiger partial charge is 0.416 e. The fraction of sp³-hybridized carbons (Fsp3) is 0.600. The molecule has 1 aromatic carbocycles. The highest BCUT2D eigenvalue weighted by atomic mass is 19.4. The van der Waals surface area contributed by atoms with Gasteiger partial charge in [-0.2, -0.15) is 13.2 Å². The van der Waals surface area contributed by atoms with E-state index in [0.29, 0.717) is 13.2 Å². The van der Waals surface area contributed by atoms with Crippen LogP contribution in [-0.2, 0) is 17.5 Å². The summed E-state index contributed by atoms with van der Waals surface area (Å²) < 4.78 is 42.8. The van der Waals surface area contributed by atoms with Gasteiger partial charge in [-0.15, -0.1) is 0 Å². The molecular formula is C15H20F3NO. The van der Waals surface area contributed by atoms with Gasteiger partial charge in [0, 0.05) is 5.54 Å².